The predicted molar refractivity (Wildman–Crippen MR) is 122 cm³/mol. The van der Waals surface area contributed by atoms with Crippen LogP contribution < -0.4 is 4.74 Å². The molecule has 2 aromatic rings. The van der Waals surface area contributed by atoms with E-state index in [-0.39, 0.29) is 37.4 Å². The Morgan fingerprint density at radius 3 is 1.97 bits per heavy atom. The molecule has 10 heteroatoms. The van der Waals surface area contributed by atoms with E-state index < -0.39 is 34.0 Å². The van der Waals surface area contributed by atoms with E-state index in [2.05, 4.69) is 0 Å². The highest BCUT2D eigenvalue weighted by Crippen LogP contribution is 2.30. The van der Waals surface area contributed by atoms with E-state index in [9.17, 15) is 23.1 Å². The summed E-state index contributed by atoms with van der Waals surface area (Å²) < 4.78 is 33.0. The van der Waals surface area contributed by atoms with Crippen molar-refractivity contribution in [3.05, 3.63) is 48.5 Å². The standard InChI is InChI=1S/C23H28N2O7S/c1-3-25(21(22(26)27)18-12-14-24(15-13-18)23(28)29)33(30,31)20-10-6-17(7-11-20)16-4-8-19(32-2)9-5-16/h4-11,18,21H,3,12-15H2,1-2H3,(H,26,27)(H,28,29). The van der Waals surface area contributed by atoms with E-state index in [4.69, 9.17) is 9.84 Å². The zero-order valence-electron chi connectivity index (χ0n) is 18.5. The lowest BCUT2D eigenvalue weighted by Crippen LogP contribution is -2.52. The van der Waals surface area contributed by atoms with E-state index in [0.717, 1.165) is 15.4 Å². The molecule has 0 aromatic heterocycles. The summed E-state index contributed by atoms with van der Waals surface area (Å²) >= 11 is 0. The van der Waals surface area contributed by atoms with Crippen molar-refractivity contribution in [3.63, 3.8) is 0 Å². The van der Waals surface area contributed by atoms with Gasteiger partial charge in [-0.3, -0.25) is 4.79 Å². The maximum atomic E-state index is 13.4. The van der Waals surface area contributed by atoms with E-state index in [1.807, 2.05) is 24.3 Å². The van der Waals surface area contributed by atoms with E-state index in [0.29, 0.717) is 5.75 Å². The smallest absolute Gasteiger partial charge is 0.407 e. The van der Waals surface area contributed by atoms with Gasteiger partial charge in [-0.05, 0) is 54.2 Å². The van der Waals surface area contributed by atoms with Gasteiger partial charge in [0.05, 0.1) is 12.0 Å². The summed E-state index contributed by atoms with van der Waals surface area (Å²) in [6, 6.07) is 12.4. The molecular formula is C23H28N2O7S. The van der Waals surface area contributed by atoms with Crippen molar-refractivity contribution in [3.8, 4) is 16.9 Å². The van der Waals surface area contributed by atoms with Gasteiger partial charge in [-0.25, -0.2) is 13.2 Å². The molecule has 0 radical (unpaired) electrons. The zero-order chi connectivity index (χ0) is 24.2. The largest absolute Gasteiger partial charge is 0.497 e. The first-order valence-electron chi connectivity index (χ1n) is 10.7. The molecule has 1 atom stereocenters. The second kappa shape index (κ2) is 10.2. The monoisotopic (exact) mass is 476 g/mol. The van der Waals surface area contributed by atoms with Crippen LogP contribution in [0.4, 0.5) is 4.79 Å². The number of hydrogen-bond donors (Lipinski definition) is 2. The third-order valence-electron chi connectivity index (χ3n) is 6.02. The van der Waals surface area contributed by atoms with Crippen molar-refractivity contribution < 1.29 is 33.0 Å². The summed E-state index contributed by atoms with van der Waals surface area (Å²) in [4.78, 5) is 24.5. The highest BCUT2D eigenvalue weighted by molar-refractivity contribution is 7.89. The van der Waals surface area contributed by atoms with Crippen molar-refractivity contribution in [2.75, 3.05) is 26.7 Å². The van der Waals surface area contributed by atoms with E-state index in [1.54, 1.807) is 26.2 Å². The summed E-state index contributed by atoms with van der Waals surface area (Å²) in [6.45, 7) is 1.94. The van der Waals surface area contributed by atoms with Gasteiger partial charge in [-0.15, -0.1) is 0 Å². The van der Waals surface area contributed by atoms with Crippen LogP contribution in [0.25, 0.3) is 11.1 Å². The van der Waals surface area contributed by atoms with Gasteiger partial charge in [0.15, 0.2) is 0 Å². The molecule has 1 amide bonds. The summed E-state index contributed by atoms with van der Waals surface area (Å²) in [7, 11) is -2.50. The van der Waals surface area contributed by atoms with Crippen molar-refractivity contribution in [2.24, 2.45) is 5.92 Å². The maximum Gasteiger partial charge on any atom is 0.407 e. The van der Waals surface area contributed by atoms with Gasteiger partial charge < -0.3 is 19.8 Å². The lowest BCUT2D eigenvalue weighted by atomic mass is 9.89. The van der Waals surface area contributed by atoms with Crippen LogP contribution in [0.1, 0.15) is 19.8 Å². The number of nitrogens with zero attached hydrogens (tertiary/aromatic N) is 2. The van der Waals surface area contributed by atoms with Crippen molar-refractivity contribution in [1.82, 2.24) is 9.21 Å². The van der Waals surface area contributed by atoms with Crippen LogP contribution in [0.3, 0.4) is 0 Å². The van der Waals surface area contributed by atoms with Gasteiger partial charge in [-0.1, -0.05) is 31.2 Å². The Kier molecular flexibility index (Phi) is 7.60. The number of carboxylic acids is 1. The average molecular weight is 477 g/mol. The molecule has 1 saturated heterocycles. The van der Waals surface area contributed by atoms with Gasteiger partial charge in [-0.2, -0.15) is 4.31 Å². The number of likely N-dealkylation sites (tertiary alicyclic amines) is 1. The molecule has 1 unspecified atom stereocenters. The quantitative estimate of drug-likeness (QED) is 0.599. The molecule has 1 heterocycles. The summed E-state index contributed by atoms with van der Waals surface area (Å²) in [6.07, 6.45) is -0.491. The fourth-order valence-corrected chi connectivity index (χ4v) is 5.87. The maximum absolute atomic E-state index is 13.4. The van der Waals surface area contributed by atoms with Crippen LogP contribution in [-0.4, -0.2) is 72.7 Å². The van der Waals surface area contributed by atoms with Crippen LogP contribution in [0.5, 0.6) is 5.75 Å². The Hall–Kier alpha value is -3.11. The fraction of sp³-hybridized carbons (Fsp3) is 0.391. The van der Waals surface area contributed by atoms with Crippen LogP contribution >= 0.6 is 0 Å². The highest BCUT2D eigenvalue weighted by atomic mass is 32.2. The first-order chi connectivity index (χ1) is 15.7. The second-order valence-corrected chi connectivity index (χ2v) is 9.74. The highest BCUT2D eigenvalue weighted by Gasteiger charge is 2.41. The number of benzene rings is 2. The first-order valence-corrected chi connectivity index (χ1v) is 12.1. The lowest BCUT2D eigenvalue weighted by molar-refractivity contribution is -0.144. The van der Waals surface area contributed by atoms with Crippen LogP contribution in [0, 0.1) is 5.92 Å². The Labute approximate surface area is 193 Å². The Morgan fingerprint density at radius 2 is 1.55 bits per heavy atom. The van der Waals surface area contributed by atoms with Gasteiger partial charge in [0.25, 0.3) is 0 Å². The van der Waals surface area contributed by atoms with Crippen molar-refractivity contribution in [1.29, 1.82) is 0 Å². The Bertz CT molecular complexity index is 1080. The molecule has 9 nitrogen and oxygen atoms in total. The molecule has 0 aliphatic carbocycles. The van der Waals surface area contributed by atoms with Gasteiger partial charge in [0.1, 0.15) is 11.8 Å². The lowest BCUT2D eigenvalue weighted by Gasteiger charge is -2.37. The summed E-state index contributed by atoms with van der Waals surface area (Å²) in [5.41, 5.74) is 1.70. The van der Waals surface area contributed by atoms with Gasteiger partial charge in [0, 0.05) is 19.6 Å². The number of piperidine rings is 1. The normalized spacial score (nSPS) is 15.9. The number of amides is 1. The minimum Gasteiger partial charge on any atom is -0.497 e. The van der Waals surface area contributed by atoms with Crippen molar-refractivity contribution >= 4 is 22.1 Å². The number of sulfonamides is 1. The number of aliphatic carboxylic acids is 1. The molecule has 3 rings (SSSR count). The van der Waals surface area contributed by atoms with Crippen LogP contribution in [-0.2, 0) is 14.8 Å². The second-order valence-electron chi connectivity index (χ2n) is 7.85. The molecule has 1 aliphatic heterocycles. The number of likely N-dealkylation sites (N-methyl/N-ethyl adjacent to an activating group) is 1. The first kappa shape index (κ1) is 24.5. The minimum absolute atomic E-state index is 0.0100. The fourth-order valence-electron chi connectivity index (χ4n) is 4.22. The van der Waals surface area contributed by atoms with Crippen molar-refractivity contribution in [2.45, 2.75) is 30.7 Å². The van der Waals surface area contributed by atoms with Crippen LogP contribution in [0.2, 0.25) is 0 Å². The Morgan fingerprint density at radius 1 is 1.03 bits per heavy atom. The number of carbonyl (C=O) groups is 2. The molecule has 178 valence electrons. The predicted octanol–water partition coefficient (Wildman–Crippen LogP) is 3.22. The molecule has 33 heavy (non-hydrogen) atoms. The summed E-state index contributed by atoms with van der Waals surface area (Å²) in [5, 5.41) is 19.0. The van der Waals surface area contributed by atoms with E-state index in [1.165, 1.54) is 17.0 Å². The summed E-state index contributed by atoms with van der Waals surface area (Å²) in [5.74, 6) is -0.999. The molecule has 0 bridgehead atoms. The van der Waals surface area contributed by atoms with Gasteiger partial charge >= 0.3 is 12.1 Å². The molecular weight excluding hydrogens is 448 g/mol. The third-order valence-corrected chi connectivity index (χ3v) is 7.99. The number of rotatable bonds is 8. The average Bonchev–Trinajstić information content (AvgIpc) is 2.82. The Balaban J connectivity index is 1.84. The molecule has 2 aromatic carbocycles. The third kappa shape index (κ3) is 5.28. The SMILES string of the molecule is CCN(C(C(=O)O)C1CCN(C(=O)O)CC1)S(=O)(=O)c1ccc(-c2ccc(OC)cc2)cc1. The zero-order valence-corrected chi connectivity index (χ0v) is 19.4. The molecule has 2 N–H and O–H groups in total. The van der Waals surface area contributed by atoms with Gasteiger partial charge in [0.2, 0.25) is 10.0 Å². The number of hydrogen-bond acceptors (Lipinski definition) is 5. The number of ether oxygens (including phenoxy) is 1. The molecule has 1 aliphatic rings. The van der Waals surface area contributed by atoms with Crippen LogP contribution in [0.15, 0.2) is 53.4 Å². The number of methoxy groups -OCH3 is 1. The molecule has 0 spiro atoms. The topological polar surface area (TPSA) is 124 Å². The molecule has 1 fully saturated rings. The molecule has 0 saturated carbocycles. The minimum atomic E-state index is -4.08. The van der Waals surface area contributed by atoms with E-state index >= 15 is 0 Å². The number of carboxylic acid groups (broad SMARTS) is 2.